The van der Waals surface area contributed by atoms with Crippen molar-refractivity contribution < 1.29 is 27.5 Å². The molecule has 1 amide bonds. The molecular formula is C18H24N2O6S. The van der Waals surface area contributed by atoms with Crippen molar-refractivity contribution in [3.05, 3.63) is 35.5 Å². The normalized spacial score (nSPS) is 14.3. The number of allylic oxidation sites excluding steroid dienone is 2. The summed E-state index contributed by atoms with van der Waals surface area (Å²) in [6, 6.07) is 3.61. The summed E-state index contributed by atoms with van der Waals surface area (Å²) in [5, 5.41) is 5.09. The van der Waals surface area contributed by atoms with Crippen LogP contribution in [0.1, 0.15) is 43.0 Å². The number of ether oxygens (including phenoxy) is 2. The smallest absolute Gasteiger partial charge is 0.342 e. The fourth-order valence-electron chi connectivity index (χ4n) is 2.91. The highest BCUT2D eigenvalue weighted by Gasteiger charge is 2.22. The van der Waals surface area contributed by atoms with Crippen LogP contribution in [0.4, 0.5) is 0 Å². The number of hydrogen-bond acceptors (Lipinski definition) is 6. The fourth-order valence-corrected chi connectivity index (χ4v) is 3.45. The Labute approximate surface area is 159 Å². The third-order valence-corrected chi connectivity index (χ3v) is 5.19. The Balaban J connectivity index is 2.12. The predicted molar refractivity (Wildman–Crippen MR) is 98.6 cm³/mol. The Morgan fingerprint density at radius 3 is 2.56 bits per heavy atom. The van der Waals surface area contributed by atoms with Gasteiger partial charge in [-0.2, -0.15) is 0 Å². The number of sulfonamides is 1. The maximum absolute atomic E-state index is 12.5. The van der Waals surface area contributed by atoms with E-state index in [-0.39, 0.29) is 22.1 Å². The van der Waals surface area contributed by atoms with Crippen LogP contribution in [0.25, 0.3) is 0 Å². The molecule has 1 aliphatic rings. The van der Waals surface area contributed by atoms with Crippen LogP contribution in [-0.4, -0.2) is 45.5 Å². The Morgan fingerprint density at radius 1 is 1.26 bits per heavy atom. The van der Waals surface area contributed by atoms with E-state index >= 15 is 0 Å². The number of hydrogen-bond donors (Lipinski definition) is 1. The van der Waals surface area contributed by atoms with Crippen LogP contribution in [0.2, 0.25) is 0 Å². The average molecular weight is 396 g/mol. The number of carbonyl (C=O) groups is 2. The van der Waals surface area contributed by atoms with Crippen molar-refractivity contribution in [1.29, 1.82) is 0 Å². The van der Waals surface area contributed by atoms with Crippen molar-refractivity contribution in [2.75, 3.05) is 20.3 Å². The number of benzene rings is 1. The van der Waals surface area contributed by atoms with Gasteiger partial charge in [-0.1, -0.05) is 6.08 Å². The molecule has 1 aliphatic carbocycles. The van der Waals surface area contributed by atoms with Gasteiger partial charge in [0.15, 0.2) is 6.61 Å². The van der Waals surface area contributed by atoms with Crippen LogP contribution in [0.15, 0.2) is 34.9 Å². The van der Waals surface area contributed by atoms with Gasteiger partial charge in [-0.15, -0.1) is 0 Å². The number of likely N-dealkylation sites (N-methyl/N-ethyl adjacent to an activating group) is 1. The van der Waals surface area contributed by atoms with E-state index in [1.165, 1.54) is 19.2 Å². The first-order valence-electron chi connectivity index (χ1n) is 8.65. The van der Waals surface area contributed by atoms with E-state index in [4.69, 9.17) is 14.6 Å². The van der Waals surface area contributed by atoms with E-state index in [1.54, 1.807) is 4.90 Å². The average Bonchev–Trinajstić information content (AvgIpc) is 2.66. The monoisotopic (exact) mass is 396 g/mol. The first kappa shape index (κ1) is 20.9. The van der Waals surface area contributed by atoms with E-state index < -0.39 is 22.6 Å². The van der Waals surface area contributed by atoms with Crippen LogP contribution >= 0.6 is 0 Å². The zero-order valence-electron chi connectivity index (χ0n) is 15.4. The maximum Gasteiger partial charge on any atom is 0.342 e. The number of nitrogens with two attached hydrogens (primary N) is 1. The highest BCUT2D eigenvalue weighted by Crippen LogP contribution is 2.24. The van der Waals surface area contributed by atoms with Gasteiger partial charge in [-0.25, -0.2) is 18.4 Å². The minimum absolute atomic E-state index is 0.114. The Bertz CT molecular complexity index is 847. The Hall–Kier alpha value is -2.39. The number of rotatable bonds is 7. The molecule has 2 rings (SSSR count). The van der Waals surface area contributed by atoms with E-state index in [1.807, 2.05) is 13.0 Å². The number of carbonyl (C=O) groups excluding carboxylic acids is 2. The number of esters is 1. The van der Waals surface area contributed by atoms with Crippen LogP contribution in [0.3, 0.4) is 0 Å². The number of methoxy groups -OCH3 is 1. The molecule has 0 saturated carbocycles. The quantitative estimate of drug-likeness (QED) is 0.703. The molecule has 0 atom stereocenters. The summed E-state index contributed by atoms with van der Waals surface area (Å²) in [7, 11) is -2.66. The second-order valence-electron chi connectivity index (χ2n) is 6.06. The largest absolute Gasteiger partial charge is 0.496 e. The first-order valence-corrected chi connectivity index (χ1v) is 10.2. The molecule has 8 nitrogen and oxygen atoms in total. The fraction of sp³-hybridized carbons (Fsp3) is 0.444. The number of amides is 1. The summed E-state index contributed by atoms with van der Waals surface area (Å²) in [6.45, 7) is 1.88. The van der Waals surface area contributed by atoms with Gasteiger partial charge in [-0.3, -0.25) is 4.79 Å². The van der Waals surface area contributed by atoms with Crippen molar-refractivity contribution in [2.45, 2.75) is 37.5 Å². The van der Waals surface area contributed by atoms with Gasteiger partial charge in [0.1, 0.15) is 11.3 Å². The molecule has 0 fully saturated rings. The van der Waals surface area contributed by atoms with Gasteiger partial charge in [0.05, 0.1) is 12.0 Å². The highest BCUT2D eigenvalue weighted by molar-refractivity contribution is 7.89. The van der Waals surface area contributed by atoms with Gasteiger partial charge in [0.2, 0.25) is 10.0 Å². The lowest BCUT2D eigenvalue weighted by atomic mass is 10.0. The highest BCUT2D eigenvalue weighted by atomic mass is 32.2. The maximum atomic E-state index is 12.5. The van der Waals surface area contributed by atoms with Gasteiger partial charge in [0, 0.05) is 12.2 Å². The SMILES string of the molecule is CCN(C(=O)COC(=O)c1cc(S(N)(=O)=O)ccc1OC)C1=CCCCC1. The van der Waals surface area contributed by atoms with E-state index in [9.17, 15) is 18.0 Å². The van der Waals surface area contributed by atoms with Crippen LogP contribution in [0, 0.1) is 0 Å². The van der Waals surface area contributed by atoms with Gasteiger partial charge in [0.25, 0.3) is 5.91 Å². The molecule has 27 heavy (non-hydrogen) atoms. The molecule has 0 radical (unpaired) electrons. The minimum Gasteiger partial charge on any atom is -0.496 e. The summed E-state index contributed by atoms with van der Waals surface area (Å²) in [6.07, 6.45) is 5.90. The second kappa shape index (κ2) is 9.01. The number of nitrogens with zero attached hydrogens (tertiary/aromatic N) is 1. The summed E-state index contributed by atoms with van der Waals surface area (Å²) in [4.78, 5) is 26.2. The molecule has 1 aromatic carbocycles. The van der Waals surface area contributed by atoms with Crippen molar-refractivity contribution in [3.8, 4) is 5.75 Å². The summed E-state index contributed by atoms with van der Waals surface area (Å²) < 4.78 is 33.2. The topological polar surface area (TPSA) is 116 Å². The van der Waals surface area contributed by atoms with Crippen molar-refractivity contribution >= 4 is 21.9 Å². The van der Waals surface area contributed by atoms with Gasteiger partial charge >= 0.3 is 5.97 Å². The second-order valence-corrected chi connectivity index (χ2v) is 7.62. The molecule has 0 bridgehead atoms. The minimum atomic E-state index is -3.99. The van der Waals surface area contributed by atoms with Gasteiger partial charge in [-0.05, 0) is 50.8 Å². The lowest BCUT2D eigenvalue weighted by molar-refractivity contribution is -0.132. The predicted octanol–water partition coefficient (Wildman–Crippen LogP) is 1.81. The summed E-state index contributed by atoms with van der Waals surface area (Å²) >= 11 is 0. The molecule has 0 aliphatic heterocycles. The van der Waals surface area contributed by atoms with Crippen LogP contribution < -0.4 is 9.88 Å². The standard InChI is InChI=1S/C18H24N2O6S/c1-3-20(13-7-5-4-6-8-13)17(21)12-26-18(22)15-11-14(27(19,23)24)9-10-16(15)25-2/h7,9-11H,3-6,8,12H2,1-2H3,(H2,19,23,24). The summed E-state index contributed by atoms with van der Waals surface area (Å²) in [5.74, 6) is -1.07. The van der Waals surface area contributed by atoms with Crippen molar-refractivity contribution in [2.24, 2.45) is 5.14 Å². The van der Waals surface area contributed by atoms with Crippen molar-refractivity contribution in [3.63, 3.8) is 0 Å². The summed E-state index contributed by atoms with van der Waals surface area (Å²) in [5.41, 5.74) is 0.829. The van der Waals surface area contributed by atoms with E-state index in [2.05, 4.69) is 0 Å². The van der Waals surface area contributed by atoms with Crippen LogP contribution in [0.5, 0.6) is 5.75 Å². The molecule has 0 unspecified atom stereocenters. The Kier molecular flexibility index (Phi) is 6.98. The molecule has 0 aromatic heterocycles. The van der Waals surface area contributed by atoms with Crippen LogP contribution in [-0.2, 0) is 19.6 Å². The molecule has 0 saturated heterocycles. The molecule has 2 N–H and O–H groups in total. The molecule has 0 spiro atoms. The Morgan fingerprint density at radius 2 is 2.00 bits per heavy atom. The van der Waals surface area contributed by atoms with E-state index in [0.29, 0.717) is 6.54 Å². The first-order chi connectivity index (χ1) is 12.8. The molecule has 9 heteroatoms. The lowest BCUT2D eigenvalue weighted by Crippen LogP contribution is -2.34. The molecule has 148 valence electrons. The molecular weight excluding hydrogens is 372 g/mol. The zero-order chi connectivity index (χ0) is 20.0. The van der Waals surface area contributed by atoms with Crippen molar-refractivity contribution in [1.82, 2.24) is 4.90 Å². The van der Waals surface area contributed by atoms with E-state index in [0.717, 1.165) is 37.4 Å². The van der Waals surface area contributed by atoms with Gasteiger partial charge < -0.3 is 14.4 Å². The lowest BCUT2D eigenvalue weighted by Gasteiger charge is -2.26. The third kappa shape index (κ3) is 5.30. The third-order valence-electron chi connectivity index (χ3n) is 4.28. The molecule has 1 aromatic rings. The number of primary sulfonamides is 1. The molecule has 0 heterocycles. The zero-order valence-corrected chi connectivity index (χ0v) is 16.3.